The van der Waals surface area contributed by atoms with Crippen LogP contribution in [0.25, 0.3) is 0 Å². The van der Waals surface area contributed by atoms with Gasteiger partial charge in [-0.05, 0) is 39.2 Å². The number of nitrogens with zero attached hydrogens (tertiary/aromatic N) is 4. The molecule has 2 aliphatic rings. The summed E-state index contributed by atoms with van der Waals surface area (Å²) in [4.78, 5) is 21.4. The lowest BCUT2D eigenvalue weighted by Crippen LogP contribution is -2.58. The normalized spacial score (nSPS) is 24.7. The van der Waals surface area contributed by atoms with Gasteiger partial charge in [0.1, 0.15) is 5.82 Å². The zero-order valence-electron chi connectivity index (χ0n) is 17.1. The fourth-order valence-electron chi connectivity index (χ4n) is 4.76. The molecule has 0 radical (unpaired) electrons. The molecule has 0 spiro atoms. The van der Waals surface area contributed by atoms with Crippen molar-refractivity contribution >= 4 is 5.91 Å². The predicted molar refractivity (Wildman–Crippen MR) is 106 cm³/mol. The van der Waals surface area contributed by atoms with Crippen LogP contribution >= 0.6 is 0 Å². The van der Waals surface area contributed by atoms with Gasteiger partial charge >= 0.3 is 0 Å². The van der Waals surface area contributed by atoms with E-state index in [0.717, 1.165) is 44.2 Å². The van der Waals surface area contributed by atoms with E-state index in [2.05, 4.69) is 16.5 Å². The summed E-state index contributed by atoms with van der Waals surface area (Å²) in [6.45, 7) is 5.56. The number of hydrogen-bond acceptors (Lipinski definition) is 4. The fraction of sp³-hybridized carbons (Fsp3) is 0.810. The SMILES string of the molecule is CCn1ccnc1CN(C)C[C@@]1(O)CCCN(CCC2CCCCC2)C1=O. The van der Waals surface area contributed by atoms with Crippen LogP contribution in [-0.2, 0) is 17.9 Å². The van der Waals surface area contributed by atoms with Crippen molar-refractivity contribution in [3.05, 3.63) is 18.2 Å². The van der Waals surface area contributed by atoms with Crippen LogP contribution in [0.3, 0.4) is 0 Å². The van der Waals surface area contributed by atoms with Crippen molar-refractivity contribution in [1.82, 2.24) is 19.4 Å². The molecular weight excluding hydrogens is 340 g/mol. The molecule has 27 heavy (non-hydrogen) atoms. The maximum Gasteiger partial charge on any atom is 0.255 e. The van der Waals surface area contributed by atoms with E-state index < -0.39 is 5.60 Å². The molecule has 6 heteroatoms. The Labute approximate surface area is 163 Å². The Morgan fingerprint density at radius 1 is 1.30 bits per heavy atom. The van der Waals surface area contributed by atoms with Crippen molar-refractivity contribution in [2.24, 2.45) is 5.92 Å². The number of aryl methyl sites for hydroxylation is 1. The number of piperidine rings is 1. The topological polar surface area (TPSA) is 61.6 Å². The predicted octanol–water partition coefficient (Wildman–Crippen LogP) is 2.66. The number of carbonyl (C=O) groups is 1. The first-order chi connectivity index (χ1) is 13.0. The molecule has 0 aromatic carbocycles. The molecule has 1 aliphatic carbocycles. The van der Waals surface area contributed by atoms with Crippen LogP contribution in [0.15, 0.2) is 12.4 Å². The summed E-state index contributed by atoms with van der Waals surface area (Å²) in [5.41, 5.74) is -1.26. The molecule has 152 valence electrons. The van der Waals surface area contributed by atoms with E-state index in [1.807, 2.05) is 23.0 Å². The lowest BCUT2D eigenvalue weighted by atomic mass is 9.86. The number of imidazole rings is 1. The molecule has 0 unspecified atom stereocenters. The second-order valence-electron chi connectivity index (χ2n) is 8.52. The van der Waals surface area contributed by atoms with Crippen molar-refractivity contribution in [1.29, 1.82) is 0 Å². The molecule has 2 heterocycles. The number of likely N-dealkylation sites (N-methyl/N-ethyl adjacent to an activating group) is 1. The van der Waals surface area contributed by atoms with E-state index in [9.17, 15) is 9.90 Å². The lowest BCUT2D eigenvalue weighted by molar-refractivity contribution is -0.159. The van der Waals surface area contributed by atoms with Gasteiger partial charge in [-0.3, -0.25) is 9.69 Å². The molecule has 0 bridgehead atoms. The van der Waals surface area contributed by atoms with E-state index in [1.165, 1.54) is 32.1 Å². The van der Waals surface area contributed by atoms with Crippen molar-refractivity contribution in [3.8, 4) is 0 Å². The van der Waals surface area contributed by atoms with Crippen LogP contribution in [-0.4, -0.2) is 62.6 Å². The van der Waals surface area contributed by atoms with E-state index in [0.29, 0.717) is 19.5 Å². The van der Waals surface area contributed by atoms with Gasteiger partial charge in [-0.15, -0.1) is 0 Å². The number of hydrogen-bond donors (Lipinski definition) is 1. The van der Waals surface area contributed by atoms with Crippen molar-refractivity contribution in [3.63, 3.8) is 0 Å². The minimum absolute atomic E-state index is 0.0738. The third-order valence-electron chi connectivity index (χ3n) is 6.32. The first kappa shape index (κ1) is 20.3. The van der Waals surface area contributed by atoms with Crippen LogP contribution in [0.5, 0.6) is 0 Å². The molecular formula is C21H36N4O2. The largest absolute Gasteiger partial charge is 0.379 e. The summed E-state index contributed by atoms with van der Waals surface area (Å²) in [6.07, 6.45) is 12.9. The van der Waals surface area contributed by atoms with Gasteiger partial charge in [-0.1, -0.05) is 32.1 Å². The standard InChI is InChI=1S/C21H36N4O2/c1-3-24-15-12-22-19(24)16-23(2)17-21(27)11-7-13-25(20(21)26)14-10-18-8-5-4-6-9-18/h12,15,18,27H,3-11,13-14,16-17H2,1-2H3/t21-/m0/s1. The monoisotopic (exact) mass is 376 g/mol. The third-order valence-corrected chi connectivity index (χ3v) is 6.32. The highest BCUT2D eigenvalue weighted by molar-refractivity contribution is 5.86. The Balaban J connectivity index is 1.54. The molecule has 2 fully saturated rings. The van der Waals surface area contributed by atoms with Gasteiger partial charge in [0.2, 0.25) is 0 Å². The van der Waals surface area contributed by atoms with Gasteiger partial charge in [0.15, 0.2) is 5.60 Å². The van der Waals surface area contributed by atoms with Gasteiger partial charge < -0.3 is 14.6 Å². The maximum atomic E-state index is 13.0. The summed E-state index contributed by atoms with van der Waals surface area (Å²) < 4.78 is 2.10. The van der Waals surface area contributed by atoms with Crippen LogP contribution < -0.4 is 0 Å². The van der Waals surface area contributed by atoms with Gasteiger partial charge in [0.05, 0.1) is 6.54 Å². The quantitative estimate of drug-likeness (QED) is 0.758. The van der Waals surface area contributed by atoms with Gasteiger partial charge in [-0.2, -0.15) is 0 Å². The number of likely N-dealkylation sites (tertiary alicyclic amines) is 1. The molecule has 3 rings (SSSR count). The van der Waals surface area contributed by atoms with Gasteiger partial charge in [0.25, 0.3) is 5.91 Å². The Hall–Kier alpha value is -1.40. The molecule has 1 amide bonds. The van der Waals surface area contributed by atoms with Crippen molar-refractivity contribution < 1.29 is 9.90 Å². The highest BCUT2D eigenvalue weighted by Gasteiger charge is 2.42. The highest BCUT2D eigenvalue weighted by Crippen LogP contribution is 2.29. The molecule has 1 aliphatic heterocycles. The number of amides is 1. The first-order valence-electron chi connectivity index (χ1n) is 10.7. The number of aliphatic hydroxyl groups is 1. The summed E-state index contributed by atoms with van der Waals surface area (Å²) in [5, 5.41) is 11.1. The van der Waals surface area contributed by atoms with E-state index in [-0.39, 0.29) is 5.91 Å². The smallest absolute Gasteiger partial charge is 0.255 e. The zero-order valence-corrected chi connectivity index (χ0v) is 17.1. The lowest BCUT2D eigenvalue weighted by Gasteiger charge is -2.40. The Kier molecular flexibility index (Phi) is 6.93. The first-order valence-corrected chi connectivity index (χ1v) is 10.7. The van der Waals surface area contributed by atoms with E-state index in [1.54, 1.807) is 6.20 Å². The van der Waals surface area contributed by atoms with Gasteiger partial charge in [0, 0.05) is 38.6 Å². The maximum absolute atomic E-state index is 13.0. The minimum atomic E-state index is -1.26. The molecule has 1 atom stereocenters. The van der Waals surface area contributed by atoms with Crippen molar-refractivity contribution in [2.75, 3.05) is 26.7 Å². The average molecular weight is 377 g/mol. The molecule has 1 N–H and O–H groups in total. The number of aromatic nitrogens is 2. The zero-order chi connectivity index (χ0) is 19.3. The summed E-state index contributed by atoms with van der Waals surface area (Å²) >= 11 is 0. The minimum Gasteiger partial charge on any atom is -0.379 e. The summed E-state index contributed by atoms with van der Waals surface area (Å²) in [7, 11) is 1.96. The molecule has 1 saturated heterocycles. The van der Waals surface area contributed by atoms with E-state index >= 15 is 0 Å². The molecule has 1 saturated carbocycles. The Bertz CT molecular complexity index is 611. The molecule has 6 nitrogen and oxygen atoms in total. The van der Waals surface area contributed by atoms with Gasteiger partial charge in [-0.25, -0.2) is 4.98 Å². The fourth-order valence-corrected chi connectivity index (χ4v) is 4.76. The van der Waals surface area contributed by atoms with Crippen LogP contribution in [0.2, 0.25) is 0 Å². The molecule has 1 aromatic heterocycles. The average Bonchev–Trinajstić information content (AvgIpc) is 3.10. The Morgan fingerprint density at radius 2 is 2.07 bits per heavy atom. The molecule has 1 aromatic rings. The second-order valence-corrected chi connectivity index (χ2v) is 8.52. The Morgan fingerprint density at radius 3 is 2.81 bits per heavy atom. The van der Waals surface area contributed by atoms with Crippen LogP contribution in [0.4, 0.5) is 0 Å². The summed E-state index contributed by atoms with van der Waals surface area (Å²) in [6, 6.07) is 0. The van der Waals surface area contributed by atoms with Crippen LogP contribution in [0, 0.1) is 5.92 Å². The second kappa shape index (κ2) is 9.20. The summed E-state index contributed by atoms with van der Waals surface area (Å²) in [5.74, 6) is 1.66. The van der Waals surface area contributed by atoms with Crippen LogP contribution in [0.1, 0.15) is 64.1 Å². The van der Waals surface area contributed by atoms with E-state index in [4.69, 9.17) is 0 Å². The van der Waals surface area contributed by atoms with Crippen molar-refractivity contribution in [2.45, 2.75) is 77.0 Å². The number of carbonyl (C=O) groups excluding carboxylic acids is 1. The third kappa shape index (κ3) is 5.11. The number of rotatable bonds is 8. The highest BCUT2D eigenvalue weighted by atomic mass is 16.3.